The molecule has 0 radical (unpaired) electrons. The third kappa shape index (κ3) is 5.61. The number of benzene rings is 3. The maximum absolute atomic E-state index is 13.2. The Hall–Kier alpha value is -3.20. The average molecular weight is 508 g/mol. The average Bonchev–Trinajstić information content (AvgIpc) is 2.90. The molecule has 190 valence electrons. The van der Waals surface area contributed by atoms with Crippen molar-refractivity contribution in [2.75, 3.05) is 46.9 Å². The number of rotatable bonds is 8. The summed E-state index contributed by atoms with van der Waals surface area (Å²) in [7, 11) is -1.01. The van der Waals surface area contributed by atoms with E-state index < -0.39 is 10.0 Å². The molecule has 3 aromatic carbocycles. The smallest absolute Gasteiger partial charge is 0.246 e. The molecule has 1 aliphatic rings. The van der Waals surface area contributed by atoms with E-state index in [1.807, 2.05) is 43.3 Å². The Balaban J connectivity index is 1.44. The van der Waals surface area contributed by atoms with Crippen LogP contribution in [0, 0.1) is 6.92 Å². The van der Waals surface area contributed by atoms with Crippen LogP contribution in [0.5, 0.6) is 5.75 Å². The quantitative estimate of drug-likeness (QED) is 0.466. The number of hydrogen-bond acceptors (Lipinski definition) is 5. The van der Waals surface area contributed by atoms with Gasteiger partial charge in [-0.2, -0.15) is 4.31 Å². The second kappa shape index (κ2) is 11.2. The predicted octanol–water partition coefficient (Wildman–Crippen LogP) is 3.56. The van der Waals surface area contributed by atoms with E-state index in [9.17, 15) is 13.2 Å². The second-order valence-electron chi connectivity index (χ2n) is 9.06. The third-order valence-corrected chi connectivity index (χ3v) is 8.45. The van der Waals surface area contributed by atoms with Crippen LogP contribution >= 0.6 is 0 Å². The van der Waals surface area contributed by atoms with Gasteiger partial charge in [-0.1, -0.05) is 66.7 Å². The highest BCUT2D eigenvalue weighted by atomic mass is 32.2. The van der Waals surface area contributed by atoms with Crippen molar-refractivity contribution in [2.45, 2.75) is 17.9 Å². The summed E-state index contributed by atoms with van der Waals surface area (Å²) in [6.45, 7) is 4.07. The molecule has 0 atom stereocenters. The lowest BCUT2D eigenvalue weighted by Crippen LogP contribution is -2.52. The van der Waals surface area contributed by atoms with E-state index in [2.05, 4.69) is 29.2 Å². The Labute approximate surface area is 214 Å². The van der Waals surface area contributed by atoms with Crippen molar-refractivity contribution in [3.05, 3.63) is 95.6 Å². The summed E-state index contributed by atoms with van der Waals surface area (Å²) in [6, 6.07) is 25.8. The second-order valence-corrected chi connectivity index (χ2v) is 11.1. The number of sulfonamides is 1. The summed E-state index contributed by atoms with van der Waals surface area (Å²) >= 11 is 0. The van der Waals surface area contributed by atoms with Gasteiger partial charge in [0, 0.05) is 33.2 Å². The largest absolute Gasteiger partial charge is 0.495 e. The van der Waals surface area contributed by atoms with E-state index in [1.165, 1.54) is 25.3 Å². The first-order valence-electron chi connectivity index (χ1n) is 12.0. The molecule has 0 saturated carbocycles. The fraction of sp³-hybridized carbons (Fsp3) is 0.321. The van der Waals surface area contributed by atoms with Crippen LogP contribution in [-0.4, -0.2) is 75.3 Å². The monoisotopic (exact) mass is 507 g/mol. The molecular formula is C28H33N3O4S. The van der Waals surface area contributed by atoms with Gasteiger partial charge < -0.3 is 9.64 Å². The minimum Gasteiger partial charge on any atom is -0.495 e. The third-order valence-electron chi connectivity index (χ3n) is 6.63. The Morgan fingerprint density at radius 1 is 0.917 bits per heavy atom. The van der Waals surface area contributed by atoms with E-state index in [4.69, 9.17) is 4.74 Å². The van der Waals surface area contributed by atoms with E-state index in [1.54, 1.807) is 23.1 Å². The summed E-state index contributed by atoms with van der Waals surface area (Å²) in [5.41, 5.74) is 3.22. The molecular weight excluding hydrogens is 474 g/mol. The van der Waals surface area contributed by atoms with E-state index in [0.717, 1.165) is 9.87 Å². The van der Waals surface area contributed by atoms with Gasteiger partial charge in [-0.15, -0.1) is 0 Å². The summed E-state index contributed by atoms with van der Waals surface area (Å²) in [4.78, 5) is 17.3. The topological polar surface area (TPSA) is 70.2 Å². The molecule has 0 aromatic heterocycles. The molecule has 1 amide bonds. The van der Waals surface area contributed by atoms with Gasteiger partial charge >= 0.3 is 0 Å². The van der Waals surface area contributed by atoms with Crippen molar-refractivity contribution < 1.29 is 17.9 Å². The van der Waals surface area contributed by atoms with E-state index >= 15 is 0 Å². The first kappa shape index (κ1) is 25.9. The zero-order valence-corrected chi connectivity index (χ0v) is 21.8. The molecule has 7 nitrogen and oxygen atoms in total. The van der Waals surface area contributed by atoms with Crippen LogP contribution in [0.25, 0.3) is 0 Å². The van der Waals surface area contributed by atoms with Crippen LogP contribution in [0.2, 0.25) is 0 Å². The highest BCUT2D eigenvalue weighted by Gasteiger charge is 2.31. The fourth-order valence-corrected chi connectivity index (χ4v) is 6.00. The maximum atomic E-state index is 13.2. The van der Waals surface area contributed by atoms with Crippen molar-refractivity contribution in [3.63, 3.8) is 0 Å². The number of carbonyl (C=O) groups excluding carboxylic acids is 1. The summed E-state index contributed by atoms with van der Waals surface area (Å²) < 4.78 is 32.8. The Bertz CT molecular complexity index is 1240. The molecule has 1 saturated heterocycles. The molecule has 1 fully saturated rings. The van der Waals surface area contributed by atoms with Gasteiger partial charge in [-0.25, -0.2) is 8.42 Å². The summed E-state index contributed by atoms with van der Waals surface area (Å²) in [6.07, 6.45) is 0. The van der Waals surface area contributed by atoms with Crippen LogP contribution in [0.1, 0.15) is 22.7 Å². The Kier molecular flexibility index (Phi) is 8.08. The van der Waals surface area contributed by atoms with Crippen molar-refractivity contribution in [1.29, 1.82) is 0 Å². The van der Waals surface area contributed by atoms with Crippen LogP contribution in [0.4, 0.5) is 0 Å². The number of ether oxygens (including phenoxy) is 1. The minimum atomic E-state index is -3.88. The summed E-state index contributed by atoms with van der Waals surface area (Å²) in [5, 5.41) is 0. The molecule has 1 aliphatic heterocycles. The predicted molar refractivity (Wildman–Crippen MR) is 140 cm³/mol. The Morgan fingerprint density at radius 3 is 2.00 bits per heavy atom. The number of carbonyl (C=O) groups is 1. The minimum absolute atomic E-state index is 0.0682. The van der Waals surface area contributed by atoms with Crippen LogP contribution < -0.4 is 4.74 Å². The van der Waals surface area contributed by atoms with E-state index in [-0.39, 0.29) is 29.1 Å². The van der Waals surface area contributed by atoms with Crippen LogP contribution in [0.15, 0.2) is 83.8 Å². The molecule has 0 bridgehead atoms. The van der Waals surface area contributed by atoms with Gasteiger partial charge in [0.15, 0.2) is 0 Å². The lowest BCUT2D eigenvalue weighted by Gasteiger charge is -2.40. The molecule has 0 spiro atoms. The molecule has 4 rings (SSSR count). The molecule has 0 unspecified atom stereocenters. The number of aryl methyl sites for hydroxylation is 1. The highest BCUT2D eigenvalue weighted by Crippen LogP contribution is 2.30. The van der Waals surface area contributed by atoms with Crippen molar-refractivity contribution in [3.8, 4) is 5.75 Å². The number of piperazine rings is 1. The number of amides is 1. The first-order chi connectivity index (χ1) is 17.3. The number of nitrogens with zero attached hydrogens (tertiary/aromatic N) is 3. The van der Waals surface area contributed by atoms with Crippen molar-refractivity contribution in [1.82, 2.24) is 14.1 Å². The number of likely N-dealkylation sites (N-methyl/N-ethyl adjacent to an activating group) is 1. The molecule has 8 heteroatoms. The van der Waals surface area contributed by atoms with Crippen molar-refractivity contribution >= 4 is 15.9 Å². The van der Waals surface area contributed by atoms with Crippen LogP contribution in [0.3, 0.4) is 0 Å². The standard InChI is InChI=1S/C28H33N3O4S/c1-22-14-15-25(35-3)26(20-22)36(33,34)29(2)21-27(32)30-16-18-31(19-17-30)28(23-10-6-4-7-11-23)24-12-8-5-9-13-24/h4-15,20,28H,16-19,21H2,1-3H3. The zero-order valence-electron chi connectivity index (χ0n) is 21.0. The lowest BCUT2D eigenvalue weighted by atomic mass is 9.96. The summed E-state index contributed by atoms with van der Waals surface area (Å²) in [5.74, 6) is 0.0599. The first-order valence-corrected chi connectivity index (χ1v) is 13.5. The van der Waals surface area contributed by atoms with Crippen LogP contribution in [-0.2, 0) is 14.8 Å². The van der Waals surface area contributed by atoms with Gasteiger partial charge in [0.1, 0.15) is 10.6 Å². The number of methoxy groups -OCH3 is 1. The fourth-order valence-electron chi connectivity index (χ4n) is 4.64. The van der Waals surface area contributed by atoms with Gasteiger partial charge in [0.2, 0.25) is 15.9 Å². The normalized spacial score (nSPS) is 14.9. The van der Waals surface area contributed by atoms with Crippen molar-refractivity contribution in [2.24, 2.45) is 0 Å². The lowest BCUT2D eigenvalue weighted by molar-refractivity contribution is -0.133. The zero-order chi connectivity index (χ0) is 25.7. The highest BCUT2D eigenvalue weighted by molar-refractivity contribution is 7.89. The Morgan fingerprint density at radius 2 is 1.47 bits per heavy atom. The molecule has 0 aliphatic carbocycles. The van der Waals surface area contributed by atoms with Gasteiger partial charge in [0.05, 0.1) is 19.7 Å². The number of hydrogen-bond donors (Lipinski definition) is 0. The van der Waals surface area contributed by atoms with E-state index in [0.29, 0.717) is 26.2 Å². The van der Waals surface area contributed by atoms with Gasteiger partial charge in [-0.3, -0.25) is 9.69 Å². The maximum Gasteiger partial charge on any atom is 0.246 e. The molecule has 36 heavy (non-hydrogen) atoms. The van der Waals surface area contributed by atoms with Gasteiger partial charge in [-0.05, 0) is 35.7 Å². The molecule has 1 heterocycles. The van der Waals surface area contributed by atoms with Gasteiger partial charge in [0.25, 0.3) is 0 Å². The molecule has 3 aromatic rings. The SMILES string of the molecule is COc1ccc(C)cc1S(=O)(=O)N(C)CC(=O)N1CCN(C(c2ccccc2)c2ccccc2)CC1. The molecule has 0 N–H and O–H groups in total.